The number of nitrogens with two attached hydrogens (primary N) is 2. The van der Waals surface area contributed by atoms with E-state index >= 15 is 0 Å². The summed E-state index contributed by atoms with van der Waals surface area (Å²) >= 11 is 0. The summed E-state index contributed by atoms with van der Waals surface area (Å²) in [6.45, 7) is 5.44. The van der Waals surface area contributed by atoms with Crippen LogP contribution >= 0.6 is 0 Å². The Kier molecular flexibility index (Phi) is 7.74. The zero-order valence-corrected chi connectivity index (χ0v) is 18.3. The summed E-state index contributed by atoms with van der Waals surface area (Å²) in [5.41, 5.74) is 16.6. The number of hydrogen-bond acceptors (Lipinski definition) is 2. The van der Waals surface area contributed by atoms with Crippen molar-refractivity contribution in [1.82, 2.24) is 0 Å². The van der Waals surface area contributed by atoms with Crippen molar-refractivity contribution in [3.05, 3.63) is 42.1 Å². The van der Waals surface area contributed by atoms with Gasteiger partial charge in [-0.15, -0.1) is 0 Å². The molecular weight excluding hydrogens is 354 g/mol. The van der Waals surface area contributed by atoms with Gasteiger partial charge >= 0.3 is 0 Å². The Bertz CT molecular complexity index is 946. The van der Waals surface area contributed by atoms with Gasteiger partial charge in [0, 0.05) is 29.2 Å². The highest BCUT2D eigenvalue weighted by Crippen LogP contribution is 2.29. The van der Waals surface area contributed by atoms with Crippen molar-refractivity contribution in [3.8, 4) is 0 Å². The number of anilines is 2. The van der Waals surface area contributed by atoms with Crippen LogP contribution in [-0.4, -0.2) is 0 Å². The molecule has 156 valence electrons. The SMILES string of the molecule is CCCCCCCCCCCc1c2cc(N)ccc2c2ccc(N)cc2[n+]1CC. The van der Waals surface area contributed by atoms with Crippen LogP contribution < -0.4 is 16.0 Å². The molecule has 0 unspecified atom stereocenters. The number of nitrogen functional groups attached to an aromatic ring is 2. The van der Waals surface area contributed by atoms with E-state index in [2.05, 4.69) is 42.7 Å². The number of benzene rings is 2. The molecule has 0 spiro atoms. The highest BCUT2D eigenvalue weighted by atomic mass is 15.0. The quantitative estimate of drug-likeness (QED) is 0.168. The molecule has 0 aliphatic heterocycles. The molecule has 1 aromatic heterocycles. The number of nitrogens with zero attached hydrogens (tertiary/aromatic N) is 1. The van der Waals surface area contributed by atoms with Crippen molar-refractivity contribution in [2.75, 3.05) is 11.5 Å². The normalized spacial score (nSPS) is 11.5. The molecule has 3 heteroatoms. The Balaban J connectivity index is 1.78. The van der Waals surface area contributed by atoms with E-state index in [9.17, 15) is 0 Å². The fourth-order valence-electron chi connectivity index (χ4n) is 4.56. The predicted octanol–water partition coefficient (Wildman–Crippen LogP) is 6.54. The third-order valence-electron chi connectivity index (χ3n) is 6.12. The summed E-state index contributed by atoms with van der Waals surface area (Å²) in [5, 5.41) is 3.83. The maximum atomic E-state index is 6.17. The highest BCUT2D eigenvalue weighted by Gasteiger charge is 2.20. The van der Waals surface area contributed by atoms with E-state index < -0.39 is 0 Å². The number of unbranched alkanes of at least 4 members (excludes halogenated alkanes) is 8. The maximum absolute atomic E-state index is 6.17. The topological polar surface area (TPSA) is 55.9 Å². The molecule has 0 fully saturated rings. The van der Waals surface area contributed by atoms with Crippen LogP contribution in [0.1, 0.15) is 77.3 Å². The fourth-order valence-corrected chi connectivity index (χ4v) is 4.56. The van der Waals surface area contributed by atoms with E-state index in [1.807, 2.05) is 12.1 Å². The lowest BCUT2D eigenvalue weighted by Crippen LogP contribution is -2.38. The van der Waals surface area contributed by atoms with Gasteiger partial charge in [0.25, 0.3) is 0 Å². The Hall–Kier alpha value is -2.29. The lowest BCUT2D eigenvalue weighted by Gasteiger charge is -2.12. The second-order valence-electron chi connectivity index (χ2n) is 8.35. The molecular formula is C26H38N3+. The molecule has 0 atom stereocenters. The third kappa shape index (κ3) is 5.20. The largest absolute Gasteiger partial charge is 0.399 e. The molecule has 0 aliphatic carbocycles. The lowest BCUT2D eigenvalue weighted by atomic mass is 9.98. The van der Waals surface area contributed by atoms with Crippen molar-refractivity contribution in [2.24, 2.45) is 0 Å². The summed E-state index contributed by atoms with van der Waals surface area (Å²) in [4.78, 5) is 0. The first kappa shape index (κ1) is 21.4. The predicted molar refractivity (Wildman–Crippen MR) is 127 cm³/mol. The number of aryl methyl sites for hydroxylation is 2. The monoisotopic (exact) mass is 392 g/mol. The zero-order chi connectivity index (χ0) is 20.6. The van der Waals surface area contributed by atoms with E-state index in [1.54, 1.807) is 0 Å². The van der Waals surface area contributed by atoms with Crippen LogP contribution in [-0.2, 0) is 13.0 Å². The molecule has 3 nitrogen and oxygen atoms in total. The highest BCUT2D eigenvalue weighted by molar-refractivity contribution is 6.06. The summed E-state index contributed by atoms with van der Waals surface area (Å²) in [7, 11) is 0. The van der Waals surface area contributed by atoms with E-state index in [4.69, 9.17) is 11.5 Å². The first-order valence-electron chi connectivity index (χ1n) is 11.6. The number of pyridine rings is 1. The molecule has 0 amide bonds. The number of aromatic nitrogens is 1. The molecule has 2 aromatic carbocycles. The average Bonchev–Trinajstić information content (AvgIpc) is 2.72. The van der Waals surface area contributed by atoms with Gasteiger partial charge < -0.3 is 11.5 Å². The first-order chi connectivity index (χ1) is 14.2. The number of rotatable bonds is 11. The molecule has 0 radical (unpaired) electrons. The molecule has 4 N–H and O–H groups in total. The second-order valence-corrected chi connectivity index (χ2v) is 8.35. The Labute approximate surface area is 176 Å². The van der Waals surface area contributed by atoms with Gasteiger partial charge in [0.1, 0.15) is 6.54 Å². The van der Waals surface area contributed by atoms with Crippen molar-refractivity contribution >= 4 is 33.1 Å². The maximum Gasteiger partial charge on any atom is 0.215 e. The lowest BCUT2D eigenvalue weighted by molar-refractivity contribution is -0.674. The van der Waals surface area contributed by atoms with E-state index in [-0.39, 0.29) is 0 Å². The zero-order valence-electron chi connectivity index (χ0n) is 18.3. The smallest absolute Gasteiger partial charge is 0.215 e. The Morgan fingerprint density at radius 2 is 1.24 bits per heavy atom. The summed E-state index contributed by atoms with van der Waals surface area (Å²) in [6.07, 6.45) is 13.3. The molecule has 0 bridgehead atoms. The number of hydrogen-bond donors (Lipinski definition) is 2. The van der Waals surface area contributed by atoms with Crippen LogP contribution in [0.3, 0.4) is 0 Å². The van der Waals surface area contributed by atoms with Crippen LogP contribution in [0.15, 0.2) is 36.4 Å². The number of fused-ring (bicyclic) bond motifs is 3. The van der Waals surface area contributed by atoms with Crippen molar-refractivity contribution < 1.29 is 4.57 Å². The summed E-state index contributed by atoms with van der Waals surface area (Å²) in [6, 6.07) is 12.6. The molecule has 29 heavy (non-hydrogen) atoms. The van der Waals surface area contributed by atoms with Crippen LogP contribution in [0.4, 0.5) is 11.4 Å². The van der Waals surface area contributed by atoms with Crippen molar-refractivity contribution in [1.29, 1.82) is 0 Å². The first-order valence-corrected chi connectivity index (χ1v) is 11.6. The molecule has 0 saturated heterocycles. The fraction of sp³-hybridized carbons (Fsp3) is 0.500. The van der Waals surface area contributed by atoms with Gasteiger partial charge in [0.05, 0.1) is 10.8 Å². The van der Waals surface area contributed by atoms with Gasteiger partial charge in [-0.25, -0.2) is 0 Å². The van der Waals surface area contributed by atoms with E-state index in [0.717, 1.165) is 24.3 Å². The molecule has 1 heterocycles. The minimum absolute atomic E-state index is 0.823. The summed E-state index contributed by atoms with van der Waals surface area (Å²) in [5.74, 6) is 0. The van der Waals surface area contributed by atoms with Gasteiger partial charge in [-0.05, 0) is 37.6 Å². The van der Waals surface area contributed by atoms with Crippen molar-refractivity contribution in [2.45, 2.75) is 84.6 Å². The van der Waals surface area contributed by atoms with Gasteiger partial charge in [0.2, 0.25) is 5.52 Å². The summed E-state index contributed by atoms with van der Waals surface area (Å²) < 4.78 is 2.44. The average molecular weight is 393 g/mol. The van der Waals surface area contributed by atoms with Crippen LogP contribution in [0.5, 0.6) is 0 Å². The molecule has 0 saturated carbocycles. The molecule has 3 rings (SSSR count). The third-order valence-corrected chi connectivity index (χ3v) is 6.12. The van der Waals surface area contributed by atoms with E-state index in [1.165, 1.54) is 85.2 Å². The van der Waals surface area contributed by atoms with Crippen LogP contribution in [0.2, 0.25) is 0 Å². The second kappa shape index (κ2) is 10.5. The van der Waals surface area contributed by atoms with Gasteiger partial charge in [-0.2, -0.15) is 4.57 Å². The minimum Gasteiger partial charge on any atom is -0.399 e. The van der Waals surface area contributed by atoms with Crippen LogP contribution in [0.25, 0.3) is 21.7 Å². The molecule has 3 aromatic rings. The van der Waals surface area contributed by atoms with Crippen LogP contribution in [0, 0.1) is 0 Å². The standard InChI is InChI=1S/C26H37N3/c1-3-5-6-7-8-9-10-11-12-13-25-24-18-20(27)14-16-22(24)23-17-15-21(28)19-26(23)29(25)4-2/h14-19,28H,3-13,27H2,1-2H3/p+1. The molecule has 0 aliphatic rings. The Morgan fingerprint density at radius 3 is 1.90 bits per heavy atom. The van der Waals surface area contributed by atoms with Gasteiger partial charge in [0.15, 0.2) is 5.69 Å². The Morgan fingerprint density at radius 1 is 0.655 bits per heavy atom. The van der Waals surface area contributed by atoms with E-state index in [0.29, 0.717) is 0 Å². The minimum atomic E-state index is 0.823. The van der Waals surface area contributed by atoms with Crippen molar-refractivity contribution in [3.63, 3.8) is 0 Å². The van der Waals surface area contributed by atoms with Gasteiger partial charge in [-0.1, -0.05) is 64.4 Å². The van der Waals surface area contributed by atoms with Gasteiger partial charge in [-0.3, -0.25) is 0 Å².